The maximum atomic E-state index is 13.5. The summed E-state index contributed by atoms with van der Waals surface area (Å²) in [6.45, 7) is 4.77. The average molecular weight is 394 g/mol. The first-order valence-electron chi connectivity index (χ1n) is 9.67. The number of benzene rings is 2. The lowest BCUT2D eigenvalue weighted by Crippen LogP contribution is -2.37. The number of morpholine rings is 1. The van der Waals surface area contributed by atoms with Crippen molar-refractivity contribution in [3.05, 3.63) is 59.9 Å². The molecule has 0 aliphatic carbocycles. The third kappa shape index (κ3) is 4.97. The van der Waals surface area contributed by atoms with E-state index in [9.17, 15) is 4.39 Å². The largest absolute Gasteiger partial charge is 0.378 e. The Morgan fingerprint density at radius 1 is 0.931 bits per heavy atom. The smallest absolute Gasteiger partial charge is 0.233 e. The fourth-order valence-corrected chi connectivity index (χ4v) is 3.03. The molecule has 0 atom stereocenters. The fraction of sp³-hybridized carbons (Fsp3) is 0.286. The van der Waals surface area contributed by atoms with Crippen molar-refractivity contribution in [3.8, 4) is 0 Å². The molecular weight excluding hydrogens is 371 g/mol. The summed E-state index contributed by atoms with van der Waals surface area (Å²) in [5.41, 5.74) is 2.72. The summed E-state index contributed by atoms with van der Waals surface area (Å²) >= 11 is 0. The number of halogens is 1. The van der Waals surface area contributed by atoms with Gasteiger partial charge >= 0.3 is 0 Å². The summed E-state index contributed by atoms with van der Waals surface area (Å²) in [6, 6.07) is 14.3. The number of anilines is 5. The summed E-state index contributed by atoms with van der Waals surface area (Å²) in [4.78, 5) is 15.6. The van der Waals surface area contributed by atoms with Gasteiger partial charge in [0.05, 0.1) is 13.2 Å². The Hall–Kier alpha value is -3.26. The molecule has 1 aliphatic heterocycles. The predicted molar refractivity (Wildman–Crippen MR) is 112 cm³/mol. The topological polar surface area (TPSA) is 75.2 Å². The van der Waals surface area contributed by atoms with Gasteiger partial charge in [0.1, 0.15) is 5.82 Å². The van der Waals surface area contributed by atoms with Crippen molar-refractivity contribution in [2.75, 3.05) is 41.8 Å². The highest BCUT2D eigenvalue weighted by atomic mass is 19.1. The van der Waals surface area contributed by atoms with Gasteiger partial charge in [0.15, 0.2) is 0 Å². The van der Waals surface area contributed by atoms with E-state index in [1.807, 2.05) is 17.0 Å². The van der Waals surface area contributed by atoms with Crippen LogP contribution in [0.15, 0.2) is 48.5 Å². The second-order valence-electron chi connectivity index (χ2n) is 6.69. The zero-order valence-corrected chi connectivity index (χ0v) is 16.2. The molecule has 3 aromatic rings. The van der Waals surface area contributed by atoms with E-state index in [1.54, 1.807) is 12.1 Å². The normalized spacial score (nSPS) is 13.9. The third-order valence-corrected chi connectivity index (χ3v) is 4.62. The van der Waals surface area contributed by atoms with Gasteiger partial charge in [0, 0.05) is 24.5 Å². The number of nitrogens with zero attached hydrogens (tertiary/aromatic N) is 4. The van der Waals surface area contributed by atoms with Gasteiger partial charge < -0.3 is 20.3 Å². The molecule has 1 saturated heterocycles. The molecule has 29 heavy (non-hydrogen) atoms. The molecule has 2 heterocycles. The number of hydrogen-bond donors (Lipinski definition) is 2. The Bertz CT molecular complexity index is 960. The van der Waals surface area contributed by atoms with E-state index in [0.717, 1.165) is 12.1 Å². The van der Waals surface area contributed by atoms with Gasteiger partial charge in [-0.3, -0.25) is 0 Å². The predicted octanol–water partition coefficient (Wildman–Crippen LogP) is 3.90. The number of ether oxygens (including phenoxy) is 1. The van der Waals surface area contributed by atoms with Crippen LogP contribution in [0.5, 0.6) is 0 Å². The van der Waals surface area contributed by atoms with Crippen LogP contribution in [-0.2, 0) is 11.2 Å². The summed E-state index contributed by atoms with van der Waals surface area (Å²) in [5.74, 6) is 0.992. The van der Waals surface area contributed by atoms with E-state index in [4.69, 9.17) is 4.74 Å². The second-order valence-corrected chi connectivity index (χ2v) is 6.69. The average Bonchev–Trinajstić information content (AvgIpc) is 2.75. The van der Waals surface area contributed by atoms with Gasteiger partial charge in [-0.15, -0.1) is 0 Å². The van der Waals surface area contributed by atoms with Gasteiger partial charge in [-0.05, 0) is 42.3 Å². The van der Waals surface area contributed by atoms with Crippen LogP contribution >= 0.6 is 0 Å². The number of aromatic nitrogens is 3. The number of aryl methyl sites for hydroxylation is 1. The van der Waals surface area contributed by atoms with Crippen molar-refractivity contribution in [1.82, 2.24) is 15.0 Å². The SMILES string of the molecule is CCc1ccc(Nc2nc(Nc3cccc(F)c3)nc(N3CCOCC3)n2)cc1. The number of rotatable bonds is 6. The van der Waals surface area contributed by atoms with Crippen molar-refractivity contribution in [2.45, 2.75) is 13.3 Å². The minimum absolute atomic E-state index is 0.327. The summed E-state index contributed by atoms with van der Waals surface area (Å²) in [7, 11) is 0. The second kappa shape index (κ2) is 8.83. The highest BCUT2D eigenvalue weighted by Crippen LogP contribution is 2.21. The quantitative estimate of drug-likeness (QED) is 0.657. The molecule has 8 heteroatoms. The zero-order chi connectivity index (χ0) is 20.1. The van der Waals surface area contributed by atoms with Crippen LogP contribution in [0.25, 0.3) is 0 Å². The standard InChI is InChI=1S/C21H23FN6O/c1-2-15-6-8-17(9-7-15)23-19-25-20(24-18-5-3-4-16(22)14-18)27-21(26-19)28-10-12-29-13-11-28/h3-9,14H,2,10-13H2,1H3,(H2,23,24,25,26,27). The molecular formula is C21H23FN6O. The van der Waals surface area contributed by atoms with Gasteiger partial charge in [0.2, 0.25) is 17.8 Å². The third-order valence-electron chi connectivity index (χ3n) is 4.62. The van der Waals surface area contributed by atoms with E-state index in [1.165, 1.54) is 17.7 Å². The van der Waals surface area contributed by atoms with E-state index in [0.29, 0.717) is 49.8 Å². The van der Waals surface area contributed by atoms with Crippen LogP contribution in [0.4, 0.5) is 33.6 Å². The molecule has 0 radical (unpaired) electrons. The Balaban J connectivity index is 1.63. The number of nitrogens with one attached hydrogen (secondary N) is 2. The molecule has 1 aliphatic rings. The zero-order valence-electron chi connectivity index (χ0n) is 16.2. The van der Waals surface area contributed by atoms with Crippen LogP contribution in [0, 0.1) is 5.82 Å². The van der Waals surface area contributed by atoms with Crippen LogP contribution in [0.2, 0.25) is 0 Å². The number of hydrogen-bond acceptors (Lipinski definition) is 7. The molecule has 2 N–H and O–H groups in total. The van der Waals surface area contributed by atoms with Gasteiger partial charge in [-0.25, -0.2) is 4.39 Å². The minimum Gasteiger partial charge on any atom is -0.378 e. The van der Waals surface area contributed by atoms with Crippen molar-refractivity contribution in [1.29, 1.82) is 0 Å². The molecule has 0 amide bonds. The van der Waals surface area contributed by atoms with Crippen molar-refractivity contribution < 1.29 is 9.13 Å². The van der Waals surface area contributed by atoms with Gasteiger partial charge in [-0.1, -0.05) is 25.1 Å². The first-order valence-corrected chi connectivity index (χ1v) is 9.67. The lowest BCUT2D eigenvalue weighted by atomic mass is 10.1. The molecule has 0 saturated carbocycles. The summed E-state index contributed by atoms with van der Waals surface area (Å²) < 4.78 is 19.0. The summed E-state index contributed by atoms with van der Waals surface area (Å²) in [6.07, 6.45) is 0.981. The molecule has 1 fully saturated rings. The molecule has 0 unspecified atom stereocenters. The Morgan fingerprint density at radius 2 is 1.62 bits per heavy atom. The van der Waals surface area contributed by atoms with E-state index >= 15 is 0 Å². The molecule has 2 aromatic carbocycles. The monoisotopic (exact) mass is 394 g/mol. The maximum Gasteiger partial charge on any atom is 0.233 e. The molecule has 7 nitrogen and oxygen atoms in total. The highest BCUT2D eigenvalue weighted by Gasteiger charge is 2.17. The Morgan fingerprint density at radius 3 is 2.28 bits per heavy atom. The lowest BCUT2D eigenvalue weighted by molar-refractivity contribution is 0.122. The molecule has 0 spiro atoms. The minimum atomic E-state index is -0.327. The molecule has 150 valence electrons. The van der Waals surface area contributed by atoms with Crippen LogP contribution in [0.1, 0.15) is 12.5 Å². The van der Waals surface area contributed by atoms with Crippen molar-refractivity contribution >= 4 is 29.2 Å². The van der Waals surface area contributed by atoms with Gasteiger partial charge in [-0.2, -0.15) is 15.0 Å². The maximum absolute atomic E-state index is 13.5. The summed E-state index contributed by atoms with van der Waals surface area (Å²) in [5, 5.41) is 6.31. The van der Waals surface area contributed by atoms with Crippen LogP contribution < -0.4 is 15.5 Å². The molecule has 0 bridgehead atoms. The first kappa shape index (κ1) is 19.1. The fourth-order valence-electron chi connectivity index (χ4n) is 3.03. The van der Waals surface area contributed by atoms with Crippen LogP contribution in [0.3, 0.4) is 0 Å². The van der Waals surface area contributed by atoms with Crippen molar-refractivity contribution in [3.63, 3.8) is 0 Å². The van der Waals surface area contributed by atoms with E-state index < -0.39 is 0 Å². The Kier molecular flexibility index (Phi) is 5.81. The molecule has 4 rings (SSSR count). The molecule has 1 aromatic heterocycles. The van der Waals surface area contributed by atoms with Crippen molar-refractivity contribution in [2.24, 2.45) is 0 Å². The van der Waals surface area contributed by atoms with Gasteiger partial charge in [0.25, 0.3) is 0 Å². The first-order chi connectivity index (χ1) is 14.2. The highest BCUT2D eigenvalue weighted by molar-refractivity contribution is 5.59. The Labute approximate surface area is 169 Å². The lowest BCUT2D eigenvalue weighted by Gasteiger charge is -2.27. The van der Waals surface area contributed by atoms with E-state index in [2.05, 4.69) is 44.6 Å². The van der Waals surface area contributed by atoms with Crippen LogP contribution in [-0.4, -0.2) is 41.3 Å². The van der Waals surface area contributed by atoms with E-state index in [-0.39, 0.29) is 5.82 Å².